The van der Waals surface area contributed by atoms with Crippen molar-refractivity contribution in [2.75, 3.05) is 0 Å². The first-order valence-electron chi connectivity index (χ1n) is 7.55. The monoisotopic (exact) mass is 304 g/mol. The molecular weight excluding hydrogens is 288 g/mol. The van der Waals surface area contributed by atoms with Crippen LogP contribution in [-0.2, 0) is 18.0 Å². The first-order chi connectivity index (χ1) is 11.3. The fourth-order valence-corrected chi connectivity index (χ4v) is 3.13. The molecule has 114 valence electrons. The second-order valence-corrected chi connectivity index (χ2v) is 5.66. The van der Waals surface area contributed by atoms with Gasteiger partial charge in [-0.2, -0.15) is 0 Å². The highest BCUT2D eigenvalue weighted by molar-refractivity contribution is 5.87. The standard InChI is InChI=1S/C20H16O3/c21-18-10-9-17-15-7-3-1-5-13(15)11-23-12-14-6-2-4-8-16(14)19(18)20(17)22/h1-10,21-22H,11-12H2. The number of ether oxygens (including phenoxy) is 1. The third-order valence-corrected chi connectivity index (χ3v) is 4.27. The van der Waals surface area contributed by atoms with Gasteiger partial charge in [0.25, 0.3) is 0 Å². The van der Waals surface area contributed by atoms with Gasteiger partial charge in [0, 0.05) is 5.56 Å². The predicted octanol–water partition coefficient (Wildman–Crippen LogP) is 4.46. The topological polar surface area (TPSA) is 49.7 Å². The molecule has 0 radical (unpaired) electrons. The van der Waals surface area contributed by atoms with Crippen LogP contribution in [-0.4, -0.2) is 10.2 Å². The molecule has 3 aromatic carbocycles. The van der Waals surface area contributed by atoms with E-state index in [4.69, 9.17) is 4.74 Å². The average molecular weight is 304 g/mol. The summed E-state index contributed by atoms with van der Waals surface area (Å²) in [7, 11) is 0. The minimum absolute atomic E-state index is 0.0664. The smallest absolute Gasteiger partial charge is 0.134 e. The maximum Gasteiger partial charge on any atom is 0.134 e. The quantitative estimate of drug-likeness (QED) is 0.644. The molecule has 0 fully saturated rings. The van der Waals surface area contributed by atoms with Gasteiger partial charge in [-0.1, -0.05) is 48.5 Å². The molecule has 0 spiro atoms. The highest BCUT2D eigenvalue weighted by Gasteiger charge is 2.20. The molecule has 4 rings (SSSR count). The molecule has 2 bridgehead atoms. The number of benzene rings is 3. The maximum absolute atomic E-state index is 10.8. The van der Waals surface area contributed by atoms with Crippen molar-refractivity contribution in [3.05, 3.63) is 71.8 Å². The number of aromatic hydroxyl groups is 2. The lowest BCUT2D eigenvalue weighted by atomic mass is 9.91. The zero-order chi connectivity index (χ0) is 15.8. The zero-order valence-electron chi connectivity index (χ0n) is 12.5. The summed E-state index contributed by atoms with van der Waals surface area (Å²) in [5.41, 5.74) is 4.83. The SMILES string of the molecule is Oc1ccc2c(O)c1-c1ccccc1COCc1ccccc1-2. The summed E-state index contributed by atoms with van der Waals surface area (Å²) in [5, 5.41) is 21.2. The molecule has 1 heterocycles. The van der Waals surface area contributed by atoms with E-state index in [1.807, 2.05) is 48.5 Å². The molecule has 23 heavy (non-hydrogen) atoms. The molecule has 0 amide bonds. The van der Waals surface area contributed by atoms with E-state index in [2.05, 4.69) is 0 Å². The van der Waals surface area contributed by atoms with Gasteiger partial charge in [-0.05, 0) is 34.4 Å². The van der Waals surface area contributed by atoms with Gasteiger partial charge in [-0.3, -0.25) is 0 Å². The molecule has 1 aliphatic rings. The fraction of sp³-hybridized carbons (Fsp3) is 0.100. The second kappa shape index (κ2) is 5.45. The van der Waals surface area contributed by atoms with Gasteiger partial charge >= 0.3 is 0 Å². The molecule has 0 aromatic heterocycles. The van der Waals surface area contributed by atoms with E-state index in [-0.39, 0.29) is 11.5 Å². The maximum atomic E-state index is 10.8. The van der Waals surface area contributed by atoms with Crippen molar-refractivity contribution in [2.45, 2.75) is 13.2 Å². The summed E-state index contributed by atoms with van der Waals surface area (Å²) in [6, 6.07) is 18.9. The van der Waals surface area contributed by atoms with Crippen molar-refractivity contribution in [3.63, 3.8) is 0 Å². The molecule has 1 aliphatic heterocycles. The lowest BCUT2D eigenvalue weighted by Gasteiger charge is -2.19. The van der Waals surface area contributed by atoms with Crippen LogP contribution in [0.25, 0.3) is 22.3 Å². The van der Waals surface area contributed by atoms with Crippen molar-refractivity contribution < 1.29 is 14.9 Å². The van der Waals surface area contributed by atoms with Gasteiger partial charge in [0.2, 0.25) is 0 Å². The van der Waals surface area contributed by atoms with E-state index in [0.29, 0.717) is 24.3 Å². The molecular formula is C20H16O3. The minimum Gasteiger partial charge on any atom is -0.507 e. The summed E-state index contributed by atoms with van der Waals surface area (Å²) >= 11 is 0. The highest BCUT2D eigenvalue weighted by atomic mass is 16.5. The number of hydrogen-bond donors (Lipinski definition) is 2. The Hall–Kier alpha value is -2.78. The van der Waals surface area contributed by atoms with Crippen molar-refractivity contribution in [2.24, 2.45) is 0 Å². The predicted molar refractivity (Wildman–Crippen MR) is 89.1 cm³/mol. The van der Waals surface area contributed by atoms with Crippen LogP contribution in [0.1, 0.15) is 11.1 Å². The lowest BCUT2D eigenvalue weighted by molar-refractivity contribution is 0.107. The summed E-state index contributed by atoms with van der Waals surface area (Å²) in [5.74, 6) is 0.170. The van der Waals surface area contributed by atoms with Gasteiger partial charge < -0.3 is 14.9 Å². The van der Waals surface area contributed by atoms with Crippen LogP contribution < -0.4 is 0 Å². The Morgan fingerprint density at radius 1 is 0.652 bits per heavy atom. The third kappa shape index (κ3) is 2.26. The van der Waals surface area contributed by atoms with Crippen molar-refractivity contribution in [3.8, 4) is 33.8 Å². The largest absolute Gasteiger partial charge is 0.507 e. The fourth-order valence-electron chi connectivity index (χ4n) is 3.13. The van der Waals surface area contributed by atoms with Crippen molar-refractivity contribution in [1.29, 1.82) is 0 Å². The molecule has 0 atom stereocenters. The Labute approximate surface area is 134 Å². The van der Waals surface area contributed by atoms with E-state index < -0.39 is 0 Å². The van der Waals surface area contributed by atoms with E-state index in [9.17, 15) is 10.2 Å². The van der Waals surface area contributed by atoms with Crippen LogP contribution in [0.3, 0.4) is 0 Å². The Morgan fingerprint density at radius 2 is 1.26 bits per heavy atom. The minimum atomic E-state index is 0.0664. The Morgan fingerprint density at radius 3 is 2.00 bits per heavy atom. The summed E-state index contributed by atoms with van der Waals surface area (Å²) in [6.45, 7) is 0.897. The van der Waals surface area contributed by atoms with Crippen LogP contribution >= 0.6 is 0 Å². The first-order valence-corrected chi connectivity index (χ1v) is 7.55. The summed E-state index contributed by atoms with van der Waals surface area (Å²) in [4.78, 5) is 0. The van der Waals surface area contributed by atoms with Gasteiger partial charge in [0.15, 0.2) is 0 Å². The van der Waals surface area contributed by atoms with Crippen LogP contribution in [0.4, 0.5) is 0 Å². The molecule has 3 aromatic rings. The van der Waals surface area contributed by atoms with Crippen LogP contribution in [0, 0.1) is 0 Å². The molecule has 0 saturated heterocycles. The average Bonchev–Trinajstić information content (AvgIpc) is 2.56. The normalized spacial score (nSPS) is 13.0. The second-order valence-electron chi connectivity index (χ2n) is 5.66. The van der Waals surface area contributed by atoms with Crippen LogP contribution in [0.5, 0.6) is 11.5 Å². The molecule has 0 aliphatic carbocycles. The van der Waals surface area contributed by atoms with Crippen molar-refractivity contribution >= 4 is 0 Å². The Balaban J connectivity index is 2.07. The highest BCUT2D eigenvalue weighted by Crippen LogP contribution is 2.46. The summed E-state index contributed by atoms with van der Waals surface area (Å²) < 4.78 is 5.87. The van der Waals surface area contributed by atoms with Gasteiger partial charge in [-0.15, -0.1) is 0 Å². The first kappa shape index (κ1) is 13.9. The van der Waals surface area contributed by atoms with Gasteiger partial charge in [-0.25, -0.2) is 0 Å². The van der Waals surface area contributed by atoms with Gasteiger partial charge in [0.05, 0.1) is 18.8 Å². The third-order valence-electron chi connectivity index (χ3n) is 4.27. The molecule has 3 heteroatoms. The Bertz CT molecular complexity index is 884. The van der Waals surface area contributed by atoms with Crippen LogP contribution in [0.2, 0.25) is 0 Å². The number of fused-ring (bicyclic) bond motifs is 6. The van der Waals surface area contributed by atoms with Crippen LogP contribution in [0.15, 0.2) is 60.7 Å². The number of hydrogen-bond acceptors (Lipinski definition) is 3. The number of phenolic OH excluding ortho intramolecular Hbond substituents is 2. The lowest BCUT2D eigenvalue weighted by Crippen LogP contribution is -2.01. The Kier molecular flexibility index (Phi) is 3.28. The zero-order valence-corrected chi connectivity index (χ0v) is 12.5. The van der Waals surface area contributed by atoms with E-state index in [0.717, 1.165) is 22.3 Å². The molecule has 3 nitrogen and oxygen atoms in total. The molecule has 2 N–H and O–H groups in total. The number of phenols is 2. The van der Waals surface area contributed by atoms with Crippen molar-refractivity contribution in [1.82, 2.24) is 0 Å². The summed E-state index contributed by atoms with van der Waals surface area (Å²) in [6.07, 6.45) is 0. The van der Waals surface area contributed by atoms with E-state index >= 15 is 0 Å². The number of rotatable bonds is 0. The molecule has 0 unspecified atom stereocenters. The van der Waals surface area contributed by atoms with E-state index in [1.165, 1.54) is 0 Å². The molecule has 0 saturated carbocycles. The van der Waals surface area contributed by atoms with Gasteiger partial charge in [0.1, 0.15) is 11.5 Å². The van der Waals surface area contributed by atoms with E-state index in [1.54, 1.807) is 12.1 Å².